The van der Waals surface area contributed by atoms with Crippen molar-refractivity contribution in [2.45, 2.75) is 19.4 Å². The maximum absolute atomic E-state index is 13.4. The van der Waals surface area contributed by atoms with Gasteiger partial charge in [-0.2, -0.15) is 0 Å². The molecular formula is C9H11Cl3FN. The number of benzene rings is 1. The Hall–Kier alpha value is -0.0200. The molecule has 5 heteroatoms. The maximum atomic E-state index is 13.4. The second-order valence-corrected chi connectivity index (χ2v) is 3.59. The van der Waals surface area contributed by atoms with Gasteiger partial charge in [0, 0.05) is 16.6 Å². The summed E-state index contributed by atoms with van der Waals surface area (Å²) >= 11 is 11.4. The van der Waals surface area contributed by atoms with Crippen molar-refractivity contribution in [1.29, 1.82) is 0 Å². The molecule has 1 nitrogen and oxygen atoms in total. The predicted octanol–water partition coefficient (Wildman–Crippen LogP) is 3.96. The molecule has 0 radical (unpaired) electrons. The first-order chi connectivity index (χ1) is 6.07. The van der Waals surface area contributed by atoms with Gasteiger partial charge in [0.25, 0.3) is 0 Å². The number of nitrogens with two attached hydrogens (primary N) is 1. The Kier molecular flexibility index (Phi) is 5.75. The fourth-order valence-electron chi connectivity index (χ4n) is 1.09. The third kappa shape index (κ3) is 2.74. The fourth-order valence-corrected chi connectivity index (χ4v) is 1.54. The molecule has 0 aromatic heterocycles. The van der Waals surface area contributed by atoms with Gasteiger partial charge in [0.05, 0.1) is 5.02 Å². The summed E-state index contributed by atoms with van der Waals surface area (Å²) in [4.78, 5) is 0. The fraction of sp³-hybridized carbons (Fsp3) is 0.333. The van der Waals surface area contributed by atoms with E-state index in [0.717, 1.165) is 0 Å². The van der Waals surface area contributed by atoms with Gasteiger partial charge in [0.1, 0.15) is 5.82 Å². The van der Waals surface area contributed by atoms with E-state index >= 15 is 0 Å². The molecule has 0 saturated heterocycles. The van der Waals surface area contributed by atoms with Crippen LogP contribution in [0.2, 0.25) is 10.0 Å². The van der Waals surface area contributed by atoms with E-state index in [1.807, 2.05) is 6.92 Å². The van der Waals surface area contributed by atoms with Crippen LogP contribution >= 0.6 is 35.6 Å². The van der Waals surface area contributed by atoms with Gasteiger partial charge in [-0.25, -0.2) is 4.39 Å². The number of hydrogen-bond donors (Lipinski definition) is 1. The lowest BCUT2D eigenvalue weighted by molar-refractivity contribution is 0.576. The molecule has 0 heterocycles. The van der Waals surface area contributed by atoms with Crippen molar-refractivity contribution in [1.82, 2.24) is 0 Å². The molecule has 0 amide bonds. The first-order valence-corrected chi connectivity index (χ1v) is 4.72. The first-order valence-electron chi connectivity index (χ1n) is 3.96. The zero-order valence-corrected chi connectivity index (χ0v) is 9.89. The van der Waals surface area contributed by atoms with Crippen molar-refractivity contribution in [2.24, 2.45) is 5.73 Å². The monoisotopic (exact) mass is 257 g/mol. The van der Waals surface area contributed by atoms with E-state index in [0.29, 0.717) is 17.0 Å². The maximum Gasteiger partial charge on any atom is 0.148 e. The minimum Gasteiger partial charge on any atom is -0.324 e. The summed E-state index contributed by atoms with van der Waals surface area (Å²) in [6.07, 6.45) is 0.622. The van der Waals surface area contributed by atoms with Crippen LogP contribution in [0.25, 0.3) is 0 Å². The van der Waals surface area contributed by atoms with Crippen LogP contribution in [0.15, 0.2) is 12.1 Å². The van der Waals surface area contributed by atoms with E-state index in [-0.39, 0.29) is 17.4 Å². The number of rotatable bonds is 2. The zero-order valence-electron chi connectivity index (χ0n) is 7.56. The summed E-state index contributed by atoms with van der Waals surface area (Å²) in [7, 11) is 0. The Balaban J connectivity index is 0.00000169. The summed E-state index contributed by atoms with van der Waals surface area (Å²) in [6, 6.07) is 2.58. The van der Waals surface area contributed by atoms with Gasteiger partial charge in [-0.1, -0.05) is 30.1 Å². The van der Waals surface area contributed by atoms with E-state index in [1.54, 1.807) is 6.07 Å². The average molecular weight is 259 g/mol. The average Bonchev–Trinajstić information content (AvgIpc) is 2.12. The Morgan fingerprint density at radius 3 is 2.36 bits per heavy atom. The van der Waals surface area contributed by atoms with Gasteiger partial charge >= 0.3 is 0 Å². The van der Waals surface area contributed by atoms with E-state index in [9.17, 15) is 4.39 Å². The van der Waals surface area contributed by atoms with Crippen LogP contribution in [-0.4, -0.2) is 0 Å². The minimum atomic E-state index is -0.511. The Labute approximate surface area is 98.8 Å². The van der Waals surface area contributed by atoms with Crippen LogP contribution in [0.4, 0.5) is 4.39 Å². The molecule has 0 spiro atoms. The van der Waals surface area contributed by atoms with Crippen LogP contribution in [0.1, 0.15) is 24.9 Å². The summed E-state index contributed by atoms with van der Waals surface area (Å²) in [5, 5.41) is 0.388. The lowest BCUT2D eigenvalue weighted by atomic mass is 10.1. The molecule has 14 heavy (non-hydrogen) atoms. The molecule has 0 bridgehead atoms. The molecule has 80 valence electrons. The molecule has 2 N–H and O–H groups in total. The van der Waals surface area contributed by atoms with Gasteiger partial charge < -0.3 is 5.73 Å². The molecule has 1 aromatic rings. The molecular weight excluding hydrogens is 247 g/mol. The molecule has 1 rings (SSSR count). The summed E-state index contributed by atoms with van der Waals surface area (Å²) in [5.41, 5.74) is 5.98. The van der Waals surface area contributed by atoms with Gasteiger partial charge in [0.15, 0.2) is 0 Å². The summed E-state index contributed by atoms with van der Waals surface area (Å²) in [6.45, 7) is 1.86. The molecule has 0 saturated carbocycles. The number of hydrogen-bond acceptors (Lipinski definition) is 1. The molecule has 0 aliphatic carbocycles. The van der Waals surface area contributed by atoms with Gasteiger partial charge in [-0.05, 0) is 18.6 Å². The highest BCUT2D eigenvalue weighted by Gasteiger charge is 2.16. The smallest absolute Gasteiger partial charge is 0.148 e. The molecule has 0 unspecified atom stereocenters. The quantitative estimate of drug-likeness (QED) is 0.798. The number of halogens is 4. The van der Waals surface area contributed by atoms with Crippen LogP contribution in [0.5, 0.6) is 0 Å². The highest BCUT2D eigenvalue weighted by atomic mass is 35.5. The van der Waals surface area contributed by atoms with Crippen molar-refractivity contribution in [3.8, 4) is 0 Å². The van der Waals surface area contributed by atoms with Crippen molar-refractivity contribution in [3.05, 3.63) is 33.6 Å². The molecule has 1 aromatic carbocycles. The van der Waals surface area contributed by atoms with E-state index in [1.165, 1.54) is 6.07 Å². The molecule has 0 aliphatic heterocycles. The highest BCUT2D eigenvalue weighted by Crippen LogP contribution is 2.30. The highest BCUT2D eigenvalue weighted by molar-refractivity contribution is 6.33. The lowest BCUT2D eigenvalue weighted by Crippen LogP contribution is -2.11. The lowest BCUT2D eigenvalue weighted by Gasteiger charge is -2.12. The summed E-state index contributed by atoms with van der Waals surface area (Å²) < 4.78 is 13.4. The van der Waals surface area contributed by atoms with Gasteiger partial charge in [-0.3, -0.25) is 0 Å². The molecule has 0 aliphatic rings. The second kappa shape index (κ2) is 5.76. The van der Waals surface area contributed by atoms with Gasteiger partial charge in [-0.15, -0.1) is 12.4 Å². The SMILES string of the molecule is CC[C@H](N)c1c(Cl)ccc(Cl)c1F.Cl. The second-order valence-electron chi connectivity index (χ2n) is 2.77. The van der Waals surface area contributed by atoms with Crippen LogP contribution in [0.3, 0.4) is 0 Å². The molecule has 1 atom stereocenters. The Morgan fingerprint density at radius 2 is 1.86 bits per heavy atom. The van der Waals surface area contributed by atoms with Crippen molar-refractivity contribution in [3.63, 3.8) is 0 Å². The standard InChI is InChI=1S/C9H10Cl2FN.ClH/c1-2-7(13)8-5(10)3-4-6(11)9(8)12;/h3-4,7H,2,13H2,1H3;1H/t7-;/m0./s1. The van der Waals surface area contributed by atoms with E-state index in [2.05, 4.69) is 0 Å². The van der Waals surface area contributed by atoms with Crippen molar-refractivity contribution in [2.75, 3.05) is 0 Å². The first kappa shape index (κ1) is 14.0. The third-order valence-electron chi connectivity index (χ3n) is 1.89. The van der Waals surface area contributed by atoms with Crippen molar-refractivity contribution >= 4 is 35.6 Å². The summed E-state index contributed by atoms with van der Waals surface area (Å²) in [5.74, 6) is -0.511. The molecule has 0 fully saturated rings. The van der Waals surface area contributed by atoms with E-state index < -0.39 is 11.9 Å². The van der Waals surface area contributed by atoms with Crippen LogP contribution in [-0.2, 0) is 0 Å². The van der Waals surface area contributed by atoms with E-state index in [4.69, 9.17) is 28.9 Å². The Morgan fingerprint density at radius 1 is 1.36 bits per heavy atom. The normalized spacial score (nSPS) is 12.1. The third-order valence-corrected chi connectivity index (χ3v) is 2.51. The van der Waals surface area contributed by atoms with Crippen LogP contribution < -0.4 is 5.73 Å². The van der Waals surface area contributed by atoms with Gasteiger partial charge in [0.2, 0.25) is 0 Å². The van der Waals surface area contributed by atoms with Crippen molar-refractivity contribution < 1.29 is 4.39 Å². The topological polar surface area (TPSA) is 26.0 Å². The minimum absolute atomic E-state index is 0. The zero-order chi connectivity index (χ0) is 10.0. The largest absolute Gasteiger partial charge is 0.324 e. The predicted molar refractivity (Wildman–Crippen MR) is 60.9 cm³/mol. The van der Waals surface area contributed by atoms with Crippen LogP contribution in [0, 0.1) is 5.82 Å². The Bertz CT molecular complexity index is 317.